The van der Waals surface area contributed by atoms with Gasteiger partial charge in [-0.25, -0.2) is 4.39 Å². The maximum atomic E-state index is 13.7. The average molecular weight is 282 g/mol. The highest BCUT2D eigenvalue weighted by molar-refractivity contribution is 5.69. The Hall–Kier alpha value is -1.49. The van der Waals surface area contributed by atoms with Crippen molar-refractivity contribution in [2.75, 3.05) is 17.7 Å². The lowest BCUT2D eigenvalue weighted by atomic mass is 10.1. The molecule has 1 aromatic carbocycles. The van der Waals surface area contributed by atoms with E-state index < -0.39 is 11.9 Å². The smallest absolute Gasteiger partial charge is 0.167 e. The fourth-order valence-corrected chi connectivity index (χ4v) is 2.62. The van der Waals surface area contributed by atoms with Gasteiger partial charge < -0.3 is 20.9 Å². The van der Waals surface area contributed by atoms with Crippen molar-refractivity contribution in [3.05, 3.63) is 17.9 Å². The number of aliphatic hydroxyl groups is 1. The van der Waals surface area contributed by atoms with Gasteiger partial charge in [-0.15, -0.1) is 0 Å². The Balaban J connectivity index is 2.16. The van der Waals surface area contributed by atoms with Crippen LogP contribution in [0.3, 0.4) is 0 Å². The zero-order chi connectivity index (χ0) is 14.5. The van der Waals surface area contributed by atoms with Gasteiger partial charge in [0.2, 0.25) is 0 Å². The van der Waals surface area contributed by atoms with E-state index in [4.69, 9.17) is 10.5 Å². The molecule has 2 unspecified atom stereocenters. The summed E-state index contributed by atoms with van der Waals surface area (Å²) in [6.07, 6.45) is 4.55. The largest absolute Gasteiger partial charge is 0.491 e. The fourth-order valence-electron chi connectivity index (χ4n) is 2.62. The molecule has 4 nitrogen and oxygen atoms in total. The quantitative estimate of drug-likeness (QED) is 0.587. The highest BCUT2D eigenvalue weighted by Gasteiger charge is 2.22. The number of halogens is 1. The minimum Gasteiger partial charge on any atom is -0.491 e. The lowest BCUT2D eigenvalue weighted by molar-refractivity contribution is 0.144. The summed E-state index contributed by atoms with van der Waals surface area (Å²) in [5.74, 6) is -0.274. The standard InChI is InChI=1S/C15H23FN2O2/c1-2-20-15-9-13(11(17)8-10(15)16)18-12-6-4-3-5-7-14(12)19/h8-9,12,14,18-19H,2-7,17H2,1H3. The summed E-state index contributed by atoms with van der Waals surface area (Å²) in [6.45, 7) is 2.20. The molecule has 0 heterocycles. The third-order valence-electron chi connectivity index (χ3n) is 3.72. The Morgan fingerprint density at radius 2 is 2.10 bits per heavy atom. The molecule has 112 valence electrons. The third kappa shape index (κ3) is 3.54. The van der Waals surface area contributed by atoms with Crippen molar-refractivity contribution in [1.82, 2.24) is 0 Å². The zero-order valence-electron chi connectivity index (χ0n) is 11.9. The van der Waals surface area contributed by atoms with Crippen LogP contribution in [0.5, 0.6) is 5.75 Å². The maximum absolute atomic E-state index is 13.7. The van der Waals surface area contributed by atoms with Crippen molar-refractivity contribution in [1.29, 1.82) is 0 Å². The van der Waals surface area contributed by atoms with E-state index in [1.165, 1.54) is 6.07 Å². The van der Waals surface area contributed by atoms with Crippen molar-refractivity contribution in [2.24, 2.45) is 0 Å². The highest BCUT2D eigenvalue weighted by atomic mass is 19.1. The topological polar surface area (TPSA) is 67.5 Å². The monoisotopic (exact) mass is 282 g/mol. The molecule has 0 spiro atoms. The van der Waals surface area contributed by atoms with Crippen molar-refractivity contribution in [3.63, 3.8) is 0 Å². The predicted octanol–water partition coefficient (Wildman–Crippen LogP) is 2.91. The van der Waals surface area contributed by atoms with Gasteiger partial charge in [0, 0.05) is 12.1 Å². The second kappa shape index (κ2) is 6.79. The van der Waals surface area contributed by atoms with Gasteiger partial charge in [0.25, 0.3) is 0 Å². The molecule has 4 N–H and O–H groups in total. The number of hydrogen-bond donors (Lipinski definition) is 3. The first-order chi connectivity index (χ1) is 9.61. The number of benzene rings is 1. The Kier molecular flexibility index (Phi) is 5.06. The number of aliphatic hydroxyl groups excluding tert-OH is 1. The molecule has 1 aliphatic rings. The van der Waals surface area contributed by atoms with Crippen LogP contribution in [-0.2, 0) is 0 Å². The molecule has 5 heteroatoms. The van der Waals surface area contributed by atoms with Crippen molar-refractivity contribution in [2.45, 2.75) is 51.2 Å². The van der Waals surface area contributed by atoms with Crippen LogP contribution >= 0.6 is 0 Å². The molecule has 0 bridgehead atoms. The van der Waals surface area contributed by atoms with Crippen LogP contribution in [-0.4, -0.2) is 23.9 Å². The Morgan fingerprint density at radius 1 is 1.35 bits per heavy atom. The zero-order valence-corrected chi connectivity index (χ0v) is 11.9. The first-order valence-corrected chi connectivity index (χ1v) is 7.28. The lowest BCUT2D eigenvalue weighted by Gasteiger charge is -2.24. The van der Waals surface area contributed by atoms with Gasteiger partial charge in [0.05, 0.1) is 30.1 Å². The molecule has 0 radical (unpaired) electrons. The fraction of sp³-hybridized carbons (Fsp3) is 0.600. The molecule has 0 aromatic heterocycles. The average Bonchev–Trinajstić information content (AvgIpc) is 2.61. The molecule has 0 aliphatic heterocycles. The lowest BCUT2D eigenvalue weighted by Crippen LogP contribution is -2.32. The Bertz CT molecular complexity index is 454. The number of nitrogen functional groups attached to an aromatic ring is 1. The van der Waals surface area contributed by atoms with Gasteiger partial charge in [-0.05, 0) is 19.8 Å². The van der Waals surface area contributed by atoms with Gasteiger partial charge in [0.15, 0.2) is 11.6 Å². The second-order valence-electron chi connectivity index (χ2n) is 5.26. The summed E-state index contributed by atoms with van der Waals surface area (Å²) in [5, 5.41) is 13.4. The molecular formula is C15H23FN2O2. The van der Waals surface area contributed by atoms with Crippen LogP contribution in [0.25, 0.3) is 0 Å². The molecule has 0 amide bonds. The summed E-state index contributed by atoms with van der Waals surface area (Å²) in [5.41, 5.74) is 6.81. The number of anilines is 2. The molecule has 20 heavy (non-hydrogen) atoms. The van der Waals surface area contributed by atoms with E-state index in [0.717, 1.165) is 32.1 Å². The van der Waals surface area contributed by atoms with Crippen LogP contribution in [0.1, 0.15) is 39.0 Å². The van der Waals surface area contributed by atoms with Crippen LogP contribution in [0.15, 0.2) is 12.1 Å². The number of nitrogens with two attached hydrogens (primary N) is 1. The molecule has 1 aliphatic carbocycles. The molecule has 2 atom stereocenters. The van der Waals surface area contributed by atoms with E-state index in [9.17, 15) is 9.50 Å². The van der Waals surface area contributed by atoms with Crippen LogP contribution in [0.4, 0.5) is 15.8 Å². The number of rotatable bonds is 4. The van der Waals surface area contributed by atoms with E-state index >= 15 is 0 Å². The van der Waals surface area contributed by atoms with Crippen molar-refractivity contribution >= 4 is 11.4 Å². The van der Waals surface area contributed by atoms with Gasteiger partial charge in [-0.1, -0.05) is 19.3 Å². The summed E-state index contributed by atoms with van der Waals surface area (Å²) in [4.78, 5) is 0. The Labute approximate surface area is 119 Å². The summed E-state index contributed by atoms with van der Waals surface area (Å²) < 4.78 is 18.9. The van der Waals surface area contributed by atoms with Gasteiger partial charge in [-0.3, -0.25) is 0 Å². The molecule has 0 saturated heterocycles. The molecule has 2 rings (SSSR count). The predicted molar refractivity (Wildman–Crippen MR) is 78.5 cm³/mol. The van der Waals surface area contributed by atoms with Crippen molar-refractivity contribution in [3.8, 4) is 5.75 Å². The SMILES string of the molecule is CCOc1cc(NC2CCCCCC2O)c(N)cc1F. The number of nitrogens with one attached hydrogen (secondary N) is 1. The number of hydrogen-bond acceptors (Lipinski definition) is 4. The molecule has 1 aromatic rings. The minimum absolute atomic E-state index is 0.0419. The third-order valence-corrected chi connectivity index (χ3v) is 3.72. The molecular weight excluding hydrogens is 259 g/mol. The number of ether oxygens (including phenoxy) is 1. The summed E-state index contributed by atoms with van der Waals surface area (Å²) >= 11 is 0. The normalized spacial score (nSPS) is 23.1. The van der Waals surface area contributed by atoms with Crippen molar-refractivity contribution < 1.29 is 14.2 Å². The second-order valence-corrected chi connectivity index (χ2v) is 5.26. The van der Waals surface area contributed by atoms with Gasteiger partial charge in [0.1, 0.15) is 0 Å². The van der Waals surface area contributed by atoms with E-state index in [0.29, 0.717) is 18.0 Å². The van der Waals surface area contributed by atoms with Crippen LogP contribution < -0.4 is 15.8 Å². The minimum atomic E-state index is -0.462. The van der Waals surface area contributed by atoms with Crippen LogP contribution in [0, 0.1) is 5.82 Å². The molecule has 1 fully saturated rings. The first-order valence-electron chi connectivity index (χ1n) is 7.28. The van der Waals surface area contributed by atoms with E-state index in [1.807, 2.05) is 0 Å². The Morgan fingerprint density at radius 3 is 2.85 bits per heavy atom. The van der Waals surface area contributed by atoms with Gasteiger partial charge >= 0.3 is 0 Å². The van der Waals surface area contributed by atoms with Gasteiger partial charge in [-0.2, -0.15) is 0 Å². The summed E-state index contributed by atoms with van der Waals surface area (Å²) in [6, 6.07) is 2.79. The first kappa shape index (κ1) is 14.9. The van der Waals surface area contributed by atoms with Crippen LogP contribution in [0.2, 0.25) is 0 Å². The maximum Gasteiger partial charge on any atom is 0.167 e. The van der Waals surface area contributed by atoms with E-state index in [2.05, 4.69) is 5.32 Å². The molecule has 1 saturated carbocycles. The highest BCUT2D eigenvalue weighted by Crippen LogP contribution is 2.30. The van der Waals surface area contributed by atoms with E-state index in [-0.39, 0.29) is 11.8 Å². The summed E-state index contributed by atoms with van der Waals surface area (Å²) in [7, 11) is 0. The van der Waals surface area contributed by atoms with E-state index in [1.54, 1.807) is 13.0 Å².